The van der Waals surface area contributed by atoms with Crippen molar-refractivity contribution in [1.29, 1.82) is 5.26 Å². The molecule has 0 saturated heterocycles. The van der Waals surface area contributed by atoms with Gasteiger partial charge in [-0.15, -0.1) is 0 Å². The Kier molecular flexibility index (Phi) is 8.02. The van der Waals surface area contributed by atoms with Crippen LogP contribution in [0.1, 0.15) is 24.7 Å². The normalized spacial score (nSPS) is 13.0. The summed E-state index contributed by atoms with van der Waals surface area (Å²) in [6, 6.07) is 9.47. The van der Waals surface area contributed by atoms with E-state index in [0.717, 1.165) is 12.1 Å². The zero-order valence-electron chi connectivity index (χ0n) is 17.5. The van der Waals surface area contributed by atoms with Crippen molar-refractivity contribution in [1.82, 2.24) is 9.97 Å². The largest absolute Gasteiger partial charge is 0.456 e. The van der Waals surface area contributed by atoms with E-state index in [-0.39, 0.29) is 44.0 Å². The second kappa shape index (κ2) is 10.5. The number of carbonyl (C=O) groups is 1. The van der Waals surface area contributed by atoms with Crippen LogP contribution in [0.5, 0.6) is 17.2 Å². The summed E-state index contributed by atoms with van der Waals surface area (Å²) in [5.41, 5.74) is -3.32. The van der Waals surface area contributed by atoms with Crippen molar-refractivity contribution in [2.45, 2.75) is 25.1 Å². The number of halogens is 7. The number of ether oxygens (including phenoxy) is 2. The SMILES string of the molecule is CCC(=O)C(C#N)(Oc1cc(Oc2ccc(C(F)(F)F)cc2Cl)ccc1Cl)c1nc(Cl)cc(Cl)n1. The monoisotopic (exact) mass is 563 g/mol. The third kappa shape index (κ3) is 5.90. The summed E-state index contributed by atoms with van der Waals surface area (Å²) in [5, 5.41) is 9.37. The van der Waals surface area contributed by atoms with Crippen molar-refractivity contribution < 1.29 is 27.4 Å². The summed E-state index contributed by atoms with van der Waals surface area (Å²) in [7, 11) is 0. The number of nitriles is 1. The van der Waals surface area contributed by atoms with Crippen LogP contribution < -0.4 is 9.47 Å². The van der Waals surface area contributed by atoms with Crippen LogP contribution in [0.2, 0.25) is 20.4 Å². The Morgan fingerprint density at radius 3 is 2.17 bits per heavy atom. The van der Waals surface area contributed by atoms with E-state index in [1.54, 1.807) is 6.07 Å². The topological polar surface area (TPSA) is 85.1 Å². The van der Waals surface area contributed by atoms with E-state index in [1.165, 1.54) is 31.2 Å². The van der Waals surface area contributed by atoms with E-state index in [4.69, 9.17) is 55.9 Å². The lowest BCUT2D eigenvalue weighted by Crippen LogP contribution is -2.42. The molecular formula is C22H12Cl4F3N3O3. The second-order valence-electron chi connectivity index (χ2n) is 6.85. The van der Waals surface area contributed by atoms with Crippen molar-refractivity contribution in [3.63, 3.8) is 0 Å². The molecule has 0 aliphatic carbocycles. The van der Waals surface area contributed by atoms with Crippen molar-refractivity contribution in [3.05, 3.63) is 74.2 Å². The number of hydrogen-bond donors (Lipinski definition) is 0. The van der Waals surface area contributed by atoms with Crippen molar-refractivity contribution in [3.8, 4) is 23.3 Å². The smallest absolute Gasteiger partial charge is 0.416 e. The van der Waals surface area contributed by atoms with Gasteiger partial charge in [0.05, 0.1) is 15.6 Å². The highest BCUT2D eigenvalue weighted by atomic mass is 35.5. The van der Waals surface area contributed by atoms with Crippen molar-refractivity contribution in [2.24, 2.45) is 0 Å². The third-order valence-electron chi connectivity index (χ3n) is 4.50. The van der Waals surface area contributed by atoms with Crippen LogP contribution in [-0.2, 0) is 16.6 Å². The zero-order chi connectivity index (χ0) is 26.0. The summed E-state index contributed by atoms with van der Waals surface area (Å²) >= 11 is 24.0. The molecule has 0 saturated carbocycles. The molecule has 0 fully saturated rings. The quantitative estimate of drug-likeness (QED) is 0.274. The molecule has 6 nitrogen and oxygen atoms in total. The van der Waals surface area contributed by atoms with Gasteiger partial charge in [-0.2, -0.15) is 18.4 Å². The Morgan fingerprint density at radius 2 is 1.63 bits per heavy atom. The Morgan fingerprint density at radius 1 is 0.971 bits per heavy atom. The van der Waals surface area contributed by atoms with Gasteiger partial charge in [0.2, 0.25) is 0 Å². The van der Waals surface area contributed by atoms with Gasteiger partial charge in [-0.3, -0.25) is 4.79 Å². The number of hydrogen-bond acceptors (Lipinski definition) is 6. The number of rotatable bonds is 7. The molecule has 1 aromatic heterocycles. The Balaban J connectivity index is 2.02. The van der Waals surface area contributed by atoms with Gasteiger partial charge in [-0.05, 0) is 30.3 Å². The Bertz CT molecular complexity index is 1310. The van der Waals surface area contributed by atoms with Gasteiger partial charge >= 0.3 is 11.8 Å². The molecule has 35 heavy (non-hydrogen) atoms. The van der Waals surface area contributed by atoms with Crippen LogP contribution in [0.25, 0.3) is 0 Å². The lowest BCUT2D eigenvalue weighted by molar-refractivity contribution is -0.137. The summed E-state index contributed by atoms with van der Waals surface area (Å²) < 4.78 is 50.0. The van der Waals surface area contributed by atoms with E-state index in [9.17, 15) is 23.2 Å². The van der Waals surface area contributed by atoms with E-state index >= 15 is 0 Å². The predicted molar refractivity (Wildman–Crippen MR) is 123 cm³/mol. The van der Waals surface area contributed by atoms with Crippen LogP contribution in [0.4, 0.5) is 13.2 Å². The van der Waals surface area contributed by atoms with Gasteiger partial charge in [-0.1, -0.05) is 53.3 Å². The minimum absolute atomic E-state index is 0.0208. The highest BCUT2D eigenvalue weighted by Crippen LogP contribution is 2.40. The van der Waals surface area contributed by atoms with Crippen molar-refractivity contribution >= 4 is 52.2 Å². The molecule has 1 atom stereocenters. The number of Topliss-reactive ketones (excluding diaryl/α,β-unsaturated/α-hetero) is 1. The molecule has 182 valence electrons. The zero-order valence-corrected chi connectivity index (χ0v) is 20.5. The number of benzene rings is 2. The fourth-order valence-corrected chi connectivity index (χ4v) is 3.63. The number of ketones is 1. The van der Waals surface area contributed by atoms with Gasteiger partial charge in [-0.25, -0.2) is 9.97 Å². The molecule has 0 spiro atoms. The molecule has 1 heterocycles. The molecule has 0 aliphatic heterocycles. The number of alkyl halides is 3. The fraction of sp³-hybridized carbons (Fsp3) is 0.182. The molecule has 3 rings (SSSR count). The van der Waals surface area contributed by atoms with Gasteiger partial charge in [0.1, 0.15) is 33.6 Å². The second-order valence-corrected chi connectivity index (χ2v) is 8.43. The predicted octanol–water partition coefficient (Wildman–Crippen LogP) is 7.68. The summed E-state index contributed by atoms with van der Waals surface area (Å²) in [4.78, 5) is 20.7. The average molecular weight is 565 g/mol. The first-order valence-electron chi connectivity index (χ1n) is 9.58. The standard InChI is InChI=1S/C22H12Cl4F3N3O3/c1-2-17(33)21(10-30,20-31-18(25)9-19(26)32-20)35-16-8-12(4-5-13(16)23)34-15-6-3-11(7-14(15)24)22(27,28)29/h3-9H,2H2,1H3. The van der Waals surface area contributed by atoms with Crippen LogP contribution >= 0.6 is 46.4 Å². The van der Waals surface area contributed by atoms with Gasteiger partial charge < -0.3 is 9.47 Å². The highest BCUT2D eigenvalue weighted by molar-refractivity contribution is 6.33. The summed E-state index contributed by atoms with van der Waals surface area (Å²) in [5.74, 6) is -1.36. The maximum absolute atomic E-state index is 12.9. The molecule has 0 bridgehead atoms. The van der Waals surface area contributed by atoms with Crippen molar-refractivity contribution in [2.75, 3.05) is 0 Å². The molecule has 13 heteroatoms. The summed E-state index contributed by atoms with van der Waals surface area (Å²) in [6.07, 6.45) is -4.72. The molecular weight excluding hydrogens is 553 g/mol. The highest BCUT2D eigenvalue weighted by Gasteiger charge is 2.46. The summed E-state index contributed by atoms with van der Waals surface area (Å²) in [6.45, 7) is 1.50. The molecule has 1 unspecified atom stereocenters. The number of carbonyl (C=O) groups excluding carboxylic acids is 1. The average Bonchev–Trinajstić information content (AvgIpc) is 2.78. The van der Waals surface area contributed by atoms with E-state index in [1.807, 2.05) is 0 Å². The maximum Gasteiger partial charge on any atom is 0.416 e. The molecule has 2 aromatic carbocycles. The van der Waals surface area contributed by atoms with Crippen LogP contribution in [0, 0.1) is 11.3 Å². The van der Waals surface area contributed by atoms with Crippen LogP contribution in [0.3, 0.4) is 0 Å². The Hall–Kier alpha value is -2.77. The number of aromatic nitrogens is 2. The van der Waals surface area contributed by atoms with Gasteiger partial charge in [0.15, 0.2) is 11.6 Å². The molecule has 3 aromatic rings. The van der Waals surface area contributed by atoms with Gasteiger partial charge in [0.25, 0.3) is 0 Å². The molecule has 0 amide bonds. The first-order chi connectivity index (χ1) is 16.4. The maximum atomic E-state index is 12.9. The molecule has 0 radical (unpaired) electrons. The third-order valence-corrected chi connectivity index (χ3v) is 5.50. The molecule has 0 N–H and O–H groups in total. The minimum Gasteiger partial charge on any atom is -0.456 e. The lowest BCUT2D eigenvalue weighted by atomic mass is 9.96. The lowest BCUT2D eigenvalue weighted by Gasteiger charge is -2.25. The Labute approximate surface area is 217 Å². The van der Waals surface area contributed by atoms with Gasteiger partial charge in [0, 0.05) is 18.6 Å². The first-order valence-corrected chi connectivity index (χ1v) is 11.1. The first kappa shape index (κ1) is 26.8. The van der Waals surface area contributed by atoms with Crippen LogP contribution in [0.15, 0.2) is 42.5 Å². The molecule has 0 aliphatic rings. The minimum atomic E-state index is -4.58. The van der Waals surface area contributed by atoms with Crippen LogP contribution in [-0.4, -0.2) is 15.8 Å². The van der Waals surface area contributed by atoms with E-state index in [0.29, 0.717) is 6.07 Å². The fourth-order valence-electron chi connectivity index (χ4n) is 2.84. The van der Waals surface area contributed by atoms with E-state index < -0.39 is 28.9 Å². The van der Waals surface area contributed by atoms with E-state index in [2.05, 4.69) is 9.97 Å². The number of nitrogens with zero attached hydrogens (tertiary/aromatic N) is 3.